The van der Waals surface area contributed by atoms with Crippen LogP contribution >= 0.6 is 0 Å². The Hall–Kier alpha value is -2.84. The summed E-state index contributed by atoms with van der Waals surface area (Å²) in [5, 5.41) is 4.59. The normalized spacial score (nSPS) is 25.7. The lowest BCUT2D eigenvalue weighted by Crippen LogP contribution is -2.46. The molecule has 184 valence electrons. The fourth-order valence-electron chi connectivity index (χ4n) is 4.32. The fourth-order valence-corrected chi connectivity index (χ4v) is 4.96. The lowest BCUT2D eigenvalue weighted by Gasteiger charge is -2.32. The van der Waals surface area contributed by atoms with Crippen LogP contribution < -0.4 is 9.88 Å². The zero-order chi connectivity index (χ0) is 25.2. The molecular weight excluding hydrogens is 487 g/mol. The summed E-state index contributed by atoms with van der Waals surface area (Å²) in [7, 11) is -3.25. The molecule has 0 amide bonds. The number of sulfonamides is 1. The van der Waals surface area contributed by atoms with E-state index in [-0.39, 0.29) is 22.4 Å². The van der Waals surface area contributed by atoms with E-state index in [1.165, 1.54) is 13.0 Å². The van der Waals surface area contributed by atoms with Gasteiger partial charge in [0, 0.05) is 23.6 Å². The van der Waals surface area contributed by atoms with Crippen molar-refractivity contribution in [2.45, 2.75) is 42.7 Å². The Balaban J connectivity index is 1.96. The molecule has 3 N–H and O–H groups in total. The van der Waals surface area contributed by atoms with Crippen molar-refractivity contribution in [1.29, 1.82) is 0 Å². The second-order valence-electron chi connectivity index (χ2n) is 8.12. The number of hydrogen-bond donors (Lipinski definition) is 2. The van der Waals surface area contributed by atoms with Crippen LogP contribution in [0.25, 0.3) is 11.0 Å². The highest BCUT2D eigenvalue weighted by Gasteiger charge is 2.65. The van der Waals surface area contributed by atoms with E-state index >= 15 is 0 Å². The summed E-state index contributed by atoms with van der Waals surface area (Å²) in [6.07, 6.45) is -5.18. The Morgan fingerprint density at radius 3 is 2.50 bits per heavy atom. The van der Waals surface area contributed by atoms with Gasteiger partial charge >= 0.3 is 6.18 Å². The second-order valence-corrected chi connectivity index (χ2v) is 9.60. The average Bonchev–Trinajstić information content (AvgIpc) is 3.28. The van der Waals surface area contributed by atoms with Crippen molar-refractivity contribution in [3.05, 3.63) is 47.4 Å². The van der Waals surface area contributed by atoms with Gasteiger partial charge in [-0.25, -0.2) is 27.9 Å². The van der Waals surface area contributed by atoms with E-state index in [0.29, 0.717) is 0 Å². The minimum absolute atomic E-state index is 0.0721. The Morgan fingerprint density at radius 2 is 1.91 bits per heavy atom. The number of primary sulfonamides is 1. The first kappa shape index (κ1) is 24.3. The SMILES string of the molecule is COc1c([C@H]2[C@H](c3nc4c(S(N)(=O)=O)nccc4[nH]3)O[C@@](C)(C(F)(F)F)[C@H]2C)ccc(F)c1F. The van der Waals surface area contributed by atoms with Crippen molar-refractivity contribution < 1.29 is 39.8 Å². The molecule has 8 nitrogen and oxygen atoms in total. The maximum Gasteiger partial charge on any atom is 0.417 e. The van der Waals surface area contributed by atoms with Gasteiger partial charge in [-0.1, -0.05) is 13.0 Å². The van der Waals surface area contributed by atoms with E-state index in [1.807, 2.05) is 0 Å². The van der Waals surface area contributed by atoms with E-state index in [1.54, 1.807) is 0 Å². The third kappa shape index (κ3) is 3.60. The van der Waals surface area contributed by atoms with Crippen LogP contribution in [0.1, 0.15) is 37.3 Å². The van der Waals surface area contributed by atoms with E-state index in [2.05, 4.69) is 15.0 Å². The maximum atomic E-state index is 14.5. The molecule has 1 aromatic carbocycles. The topological polar surface area (TPSA) is 120 Å². The van der Waals surface area contributed by atoms with Crippen LogP contribution in [0.3, 0.4) is 0 Å². The summed E-state index contributed by atoms with van der Waals surface area (Å²) in [5.41, 5.74) is -2.86. The molecule has 0 bridgehead atoms. The van der Waals surface area contributed by atoms with Crippen molar-refractivity contribution in [1.82, 2.24) is 15.0 Å². The summed E-state index contributed by atoms with van der Waals surface area (Å²) < 4.78 is 105. The van der Waals surface area contributed by atoms with Crippen LogP contribution in [0.4, 0.5) is 22.0 Å². The van der Waals surface area contributed by atoms with Crippen LogP contribution in [0.5, 0.6) is 5.75 Å². The highest BCUT2D eigenvalue weighted by atomic mass is 32.2. The predicted octanol–water partition coefficient (Wildman–Crippen LogP) is 3.70. The van der Waals surface area contributed by atoms with Gasteiger partial charge in [-0.2, -0.15) is 17.6 Å². The number of H-pyrrole nitrogens is 1. The van der Waals surface area contributed by atoms with Gasteiger partial charge < -0.3 is 14.5 Å². The number of aromatic nitrogens is 3. The standard InChI is InChI=1S/C20H19F5N4O4S/c1-8-12(9-4-5-10(21)13(22)15(9)32-3)16(33-19(8,2)20(23,24)25)17-28-11-6-7-27-18(14(11)29-17)34(26,30)31/h4-8,12,16H,1-3H3,(H,28,29)(H2,26,30,31)/t8-,12-,16+,19+/m0/s1. The largest absolute Gasteiger partial charge is 0.493 e. The molecule has 14 heteroatoms. The molecule has 3 aromatic rings. The number of fused-ring (bicyclic) bond motifs is 1. The molecule has 1 fully saturated rings. The molecule has 1 aliphatic rings. The number of nitrogens with two attached hydrogens (primary N) is 1. The first-order valence-corrected chi connectivity index (χ1v) is 11.4. The van der Waals surface area contributed by atoms with Gasteiger partial charge in [0.25, 0.3) is 10.0 Å². The molecule has 2 aromatic heterocycles. The van der Waals surface area contributed by atoms with Gasteiger partial charge in [0.1, 0.15) is 17.4 Å². The Morgan fingerprint density at radius 1 is 1.24 bits per heavy atom. The van der Waals surface area contributed by atoms with Crippen molar-refractivity contribution in [2.75, 3.05) is 7.11 Å². The van der Waals surface area contributed by atoms with Crippen molar-refractivity contribution >= 4 is 21.1 Å². The quantitative estimate of drug-likeness (QED) is 0.521. The number of rotatable bonds is 4. The smallest absolute Gasteiger partial charge is 0.417 e. The number of methoxy groups -OCH3 is 1. The number of aromatic amines is 1. The molecule has 4 atom stereocenters. The monoisotopic (exact) mass is 506 g/mol. The fraction of sp³-hybridized carbons (Fsp3) is 0.400. The molecule has 0 unspecified atom stereocenters. The molecule has 0 saturated carbocycles. The number of halogens is 5. The molecule has 3 heterocycles. The molecular formula is C20H19F5N4O4S. The highest BCUT2D eigenvalue weighted by molar-refractivity contribution is 7.89. The number of nitrogens with one attached hydrogen (secondary N) is 1. The van der Waals surface area contributed by atoms with Crippen LogP contribution in [0.2, 0.25) is 0 Å². The molecule has 1 aliphatic heterocycles. The molecule has 1 saturated heterocycles. The summed E-state index contributed by atoms with van der Waals surface area (Å²) in [6, 6.07) is 3.26. The maximum absolute atomic E-state index is 14.5. The third-order valence-corrected chi connectivity index (χ3v) is 7.07. The Labute approximate surface area is 190 Å². The molecule has 0 spiro atoms. The highest BCUT2D eigenvalue weighted by Crippen LogP contribution is 2.59. The molecule has 4 rings (SSSR count). The van der Waals surface area contributed by atoms with E-state index in [4.69, 9.17) is 14.6 Å². The number of pyridine rings is 1. The van der Waals surface area contributed by atoms with E-state index in [0.717, 1.165) is 32.4 Å². The van der Waals surface area contributed by atoms with Crippen molar-refractivity contribution in [2.24, 2.45) is 11.1 Å². The van der Waals surface area contributed by atoms with Gasteiger partial charge in [-0.05, 0) is 19.1 Å². The summed E-state index contributed by atoms with van der Waals surface area (Å²) >= 11 is 0. The zero-order valence-corrected chi connectivity index (χ0v) is 18.8. The first-order chi connectivity index (χ1) is 15.7. The van der Waals surface area contributed by atoms with Crippen LogP contribution in [0.15, 0.2) is 29.4 Å². The van der Waals surface area contributed by atoms with Gasteiger partial charge in [-0.15, -0.1) is 0 Å². The lowest BCUT2D eigenvalue weighted by molar-refractivity contribution is -0.275. The molecule has 0 radical (unpaired) electrons. The number of imidazole rings is 1. The van der Waals surface area contributed by atoms with Gasteiger partial charge in [-0.3, -0.25) is 0 Å². The number of alkyl halides is 3. The number of ether oxygens (including phenoxy) is 2. The van der Waals surface area contributed by atoms with Crippen LogP contribution in [-0.2, 0) is 14.8 Å². The first-order valence-electron chi connectivity index (χ1n) is 9.84. The molecule has 0 aliphatic carbocycles. The number of nitrogens with zero attached hydrogens (tertiary/aromatic N) is 2. The Bertz CT molecular complexity index is 1380. The molecule has 34 heavy (non-hydrogen) atoms. The minimum Gasteiger partial charge on any atom is -0.493 e. The van der Waals surface area contributed by atoms with Crippen LogP contribution in [0, 0.1) is 17.6 Å². The predicted molar refractivity (Wildman–Crippen MR) is 108 cm³/mol. The van der Waals surface area contributed by atoms with Crippen LogP contribution in [-0.4, -0.2) is 42.3 Å². The zero-order valence-electron chi connectivity index (χ0n) is 17.9. The van der Waals surface area contributed by atoms with Gasteiger partial charge in [0.2, 0.25) is 5.82 Å². The van der Waals surface area contributed by atoms with E-state index in [9.17, 15) is 30.4 Å². The van der Waals surface area contributed by atoms with Gasteiger partial charge in [0.15, 0.2) is 22.2 Å². The summed E-state index contributed by atoms with van der Waals surface area (Å²) in [4.78, 5) is 10.6. The second kappa shape index (κ2) is 7.85. The summed E-state index contributed by atoms with van der Waals surface area (Å²) in [6.45, 7) is 2.11. The van der Waals surface area contributed by atoms with Crippen molar-refractivity contribution in [3.8, 4) is 5.75 Å². The van der Waals surface area contributed by atoms with Crippen molar-refractivity contribution in [3.63, 3.8) is 0 Å². The minimum atomic E-state index is -4.84. The van der Waals surface area contributed by atoms with E-state index < -0.39 is 62.2 Å². The average molecular weight is 506 g/mol. The Kier molecular flexibility index (Phi) is 5.61. The number of benzene rings is 1. The third-order valence-electron chi connectivity index (χ3n) is 6.24. The number of hydrogen-bond acceptors (Lipinski definition) is 6. The lowest BCUT2D eigenvalue weighted by atomic mass is 9.77. The summed E-state index contributed by atoms with van der Waals surface area (Å²) in [5.74, 6) is -5.89. The van der Waals surface area contributed by atoms with Gasteiger partial charge in [0.05, 0.1) is 12.6 Å².